The monoisotopic (exact) mass is 338 g/mol. The first-order valence-corrected chi connectivity index (χ1v) is 9.19. The third-order valence-electron chi connectivity index (χ3n) is 2.77. The van der Waals surface area contributed by atoms with Crippen LogP contribution in [0.3, 0.4) is 0 Å². The number of anilines is 2. The predicted molar refractivity (Wildman–Crippen MR) is 89.7 cm³/mol. The zero-order chi connectivity index (χ0) is 16.2. The lowest BCUT2D eigenvalue weighted by molar-refractivity contribution is -0.116. The molecule has 0 aliphatic rings. The number of benzene rings is 1. The van der Waals surface area contributed by atoms with Crippen LogP contribution < -0.4 is 10.0 Å². The normalized spacial score (nSPS) is 11.4. The van der Waals surface area contributed by atoms with Crippen LogP contribution in [0.4, 0.5) is 11.4 Å². The molecule has 118 valence electrons. The fraction of sp³-hybridized carbons (Fsp3) is 0.267. The maximum atomic E-state index is 12.1. The first-order chi connectivity index (χ1) is 10.4. The molecule has 0 bridgehead atoms. The van der Waals surface area contributed by atoms with Gasteiger partial charge < -0.3 is 5.32 Å². The Hall–Kier alpha value is -1.86. The minimum Gasteiger partial charge on any atom is -0.326 e. The second-order valence-electron chi connectivity index (χ2n) is 5.26. The first kappa shape index (κ1) is 16.5. The van der Waals surface area contributed by atoms with E-state index < -0.39 is 10.0 Å². The molecule has 2 rings (SSSR count). The molecule has 2 aromatic rings. The number of carbonyl (C=O) groups excluding carboxylic acids is 1. The van der Waals surface area contributed by atoms with E-state index in [4.69, 9.17) is 0 Å². The van der Waals surface area contributed by atoms with Crippen molar-refractivity contribution in [3.05, 3.63) is 41.8 Å². The van der Waals surface area contributed by atoms with E-state index >= 15 is 0 Å². The Balaban J connectivity index is 2.02. The van der Waals surface area contributed by atoms with Crippen LogP contribution in [0.5, 0.6) is 0 Å². The van der Waals surface area contributed by atoms with Gasteiger partial charge in [0.25, 0.3) is 10.0 Å². The Kier molecular flexibility index (Phi) is 5.20. The molecule has 1 aromatic heterocycles. The fourth-order valence-corrected chi connectivity index (χ4v) is 3.88. The zero-order valence-electron chi connectivity index (χ0n) is 12.4. The van der Waals surface area contributed by atoms with Gasteiger partial charge in [0.15, 0.2) is 0 Å². The van der Waals surface area contributed by atoms with E-state index in [1.165, 1.54) is 0 Å². The van der Waals surface area contributed by atoms with Gasteiger partial charge in [-0.1, -0.05) is 19.9 Å². The van der Waals surface area contributed by atoms with E-state index in [1.807, 2.05) is 13.8 Å². The maximum Gasteiger partial charge on any atom is 0.271 e. The van der Waals surface area contributed by atoms with Crippen molar-refractivity contribution >= 4 is 38.6 Å². The van der Waals surface area contributed by atoms with E-state index in [9.17, 15) is 13.2 Å². The highest BCUT2D eigenvalue weighted by Crippen LogP contribution is 2.21. The highest BCUT2D eigenvalue weighted by atomic mass is 32.2. The number of carbonyl (C=O) groups is 1. The average Bonchev–Trinajstić information content (AvgIpc) is 2.94. The van der Waals surface area contributed by atoms with Gasteiger partial charge >= 0.3 is 0 Å². The first-order valence-electron chi connectivity index (χ1n) is 6.83. The lowest BCUT2D eigenvalue weighted by Gasteiger charge is -2.09. The lowest BCUT2D eigenvalue weighted by Crippen LogP contribution is -2.14. The molecule has 0 aliphatic carbocycles. The van der Waals surface area contributed by atoms with Crippen molar-refractivity contribution < 1.29 is 13.2 Å². The van der Waals surface area contributed by atoms with Crippen LogP contribution in [0.2, 0.25) is 0 Å². The summed E-state index contributed by atoms with van der Waals surface area (Å²) in [5.74, 6) is 0.235. The standard InChI is InChI=1S/C15H18N2O3S2/c1-11(2)10-14(18)16-12-5-7-13(8-6-12)17-22(19,20)15-4-3-9-21-15/h3-9,11,17H,10H2,1-2H3,(H,16,18). The molecular formula is C15H18N2O3S2. The fourth-order valence-electron chi connectivity index (χ4n) is 1.83. The summed E-state index contributed by atoms with van der Waals surface area (Å²) in [4.78, 5) is 11.7. The summed E-state index contributed by atoms with van der Waals surface area (Å²) < 4.78 is 26.9. The number of sulfonamides is 1. The molecule has 1 aromatic carbocycles. The van der Waals surface area contributed by atoms with Crippen LogP contribution in [0.25, 0.3) is 0 Å². The summed E-state index contributed by atoms with van der Waals surface area (Å²) in [5, 5.41) is 4.49. The van der Waals surface area contributed by atoms with Crippen molar-refractivity contribution in [1.82, 2.24) is 0 Å². The van der Waals surface area contributed by atoms with Crippen molar-refractivity contribution in [3.63, 3.8) is 0 Å². The quantitative estimate of drug-likeness (QED) is 0.846. The van der Waals surface area contributed by atoms with E-state index in [0.717, 1.165) is 11.3 Å². The molecule has 5 nitrogen and oxygen atoms in total. The molecule has 7 heteroatoms. The summed E-state index contributed by atoms with van der Waals surface area (Å²) in [6, 6.07) is 9.82. The van der Waals surface area contributed by atoms with Crippen molar-refractivity contribution in [2.24, 2.45) is 5.92 Å². The second-order valence-corrected chi connectivity index (χ2v) is 8.12. The van der Waals surface area contributed by atoms with Crippen LogP contribution in [0.15, 0.2) is 46.0 Å². The average molecular weight is 338 g/mol. The summed E-state index contributed by atoms with van der Waals surface area (Å²) in [5.41, 5.74) is 1.10. The largest absolute Gasteiger partial charge is 0.326 e. The molecular weight excluding hydrogens is 320 g/mol. The molecule has 0 aliphatic heterocycles. The molecule has 0 saturated carbocycles. The minimum absolute atomic E-state index is 0.0538. The Bertz CT molecular complexity index is 721. The molecule has 0 saturated heterocycles. The Labute approximate surface area is 134 Å². The highest BCUT2D eigenvalue weighted by Gasteiger charge is 2.15. The number of amides is 1. The molecule has 0 unspecified atom stereocenters. The van der Waals surface area contributed by atoms with Gasteiger partial charge in [-0.05, 0) is 41.6 Å². The van der Waals surface area contributed by atoms with Gasteiger partial charge in [-0.2, -0.15) is 0 Å². The van der Waals surface area contributed by atoms with Gasteiger partial charge in [0.1, 0.15) is 4.21 Å². The highest BCUT2D eigenvalue weighted by molar-refractivity contribution is 7.94. The topological polar surface area (TPSA) is 75.3 Å². The van der Waals surface area contributed by atoms with Gasteiger partial charge in [0.05, 0.1) is 0 Å². The summed E-state index contributed by atoms with van der Waals surface area (Å²) in [6.45, 7) is 3.95. The zero-order valence-corrected chi connectivity index (χ0v) is 14.0. The van der Waals surface area contributed by atoms with E-state index in [-0.39, 0.29) is 16.0 Å². The molecule has 1 heterocycles. The van der Waals surface area contributed by atoms with Crippen molar-refractivity contribution in [2.45, 2.75) is 24.5 Å². The van der Waals surface area contributed by atoms with Gasteiger partial charge in [-0.25, -0.2) is 8.42 Å². The van der Waals surface area contributed by atoms with Crippen molar-refractivity contribution in [1.29, 1.82) is 0 Å². The smallest absolute Gasteiger partial charge is 0.271 e. The van der Waals surface area contributed by atoms with Gasteiger partial charge in [-0.15, -0.1) is 11.3 Å². The van der Waals surface area contributed by atoms with Gasteiger partial charge in [-0.3, -0.25) is 9.52 Å². The summed E-state index contributed by atoms with van der Waals surface area (Å²) in [6.07, 6.45) is 0.451. The molecule has 0 radical (unpaired) electrons. The lowest BCUT2D eigenvalue weighted by atomic mass is 10.1. The molecule has 0 fully saturated rings. The SMILES string of the molecule is CC(C)CC(=O)Nc1ccc(NS(=O)(=O)c2cccs2)cc1. The second kappa shape index (κ2) is 6.93. The number of hydrogen-bond acceptors (Lipinski definition) is 4. The van der Waals surface area contributed by atoms with Gasteiger partial charge in [0.2, 0.25) is 5.91 Å². The maximum absolute atomic E-state index is 12.1. The predicted octanol–water partition coefficient (Wildman–Crippen LogP) is 3.53. The van der Waals surface area contributed by atoms with Crippen LogP contribution >= 0.6 is 11.3 Å². The van der Waals surface area contributed by atoms with Crippen LogP contribution in [0.1, 0.15) is 20.3 Å². The Morgan fingerprint density at radius 2 is 1.77 bits per heavy atom. The summed E-state index contributed by atoms with van der Waals surface area (Å²) >= 11 is 1.16. The van der Waals surface area contributed by atoms with Crippen LogP contribution in [-0.2, 0) is 14.8 Å². The van der Waals surface area contributed by atoms with Crippen LogP contribution in [0, 0.1) is 5.92 Å². The molecule has 0 spiro atoms. The summed E-state index contributed by atoms with van der Waals surface area (Å²) in [7, 11) is -3.54. The molecule has 2 N–H and O–H groups in total. The number of nitrogens with one attached hydrogen (secondary N) is 2. The molecule has 22 heavy (non-hydrogen) atoms. The number of hydrogen-bond donors (Lipinski definition) is 2. The van der Waals surface area contributed by atoms with E-state index in [2.05, 4.69) is 10.0 Å². The Morgan fingerprint density at radius 1 is 1.14 bits per heavy atom. The van der Waals surface area contributed by atoms with E-state index in [0.29, 0.717) is 17.8 Å². The van der Waals surface area contributed by atoms with Crippen LogP contribution in [-0.4, -0.2) is 14.3 Å². The van der Waals surface area contributed by atoms with Gasteiger partial charge in [0, 0.05) is 17.8 Å². The minimum atomic E-state index is -3.54. The molecule has 0 atom stereocenters. The third-order valence-corrected chi connectivity index (χ3v) is 5.55. The van der Waals surface area contributed by atoms with Crippen molar-refractivity contribution in [3.8, 4) is 0 Å². The number of thiophene rings is 1. The van der Waals surface area contributed by atoms with Crippen molar-refractivity contribution in [2.75, 3.05) is 10.0 Å². The number of rotatable bonds is 6. The third kappa shape index (κ3) is 4.57. The Morgan fingerprint density at radius 3 is 2.32 bits per heavy atom. The van der Waals surface area contributed by atoms with E-state index in [1.54, 1.807) is 41.8 Å². The molecule has 1 amide bonds.